The minimum absolute atomic E-state index is 0.0445. The molecule has 0 radical (unpaired) electrons. The van der Waals surface area contributed by atoms with Crippen LogP contribution in [-0.4, -0.2) is 18.0 Å². The van der Waals surface area contributed by atoms with Crippen molar-refractivity contribution < 1.29 is 4.79 Å². The minimum atomic E-state index is -0.0445. The van der Waals surface area contributed by atoms with E-state index >= 15 is 0 Å². The fourth-order valence-corrected chi connectivity index (χ4v) is 3.93. The number of carbonyl (C=O) groups is 1. The lowest BCUT2D eigenvalue weighted by Crippen LogP contribution is -2.35. The number of urea groups is 1. The second-order valence-corrected chi connectivity index (χ2v) is 7.22. The summed E-state index contributed by atoms with van der Waals surface area (Å²) < 4.78 is 0. The molecule has 2 amide bonds. The molecule has 1 aliphatic carbocycles. The number of hydrogen-bond acceptors (Lipinski definition) is 1. The monoisotopic (exact) mass is 306 g/mol. The third-order valence-corrected chi connectivity index (χ3v) is 5.80. The second kappa shape index (κ2) is 5.53. The molecule has 2 aliphatic rings. The molecule has 1 aliphatic heterocycles. The maximum absolute atomic E-state index is 11.7. The number of alkyl halides is 1. The molecular formula is C17H23ClN2O. The largest absolute Gasteiger partial charge is 0.323 e. The van der Waals surface area contributed by atoms with Gasteiger partial charge in [0.05, 0.1) is 5.38 Å². The van der Waals surface area contributed by atoms with Crippen LogP contribution in [0.3, 0.4) is 0 Å². The van der Waals surface area contributed by atoms with Gasteiger partial charge >= 0.3 is 6.03 Å². The van der Waals surface area contributed by atoms with E-state index in [1.807, 2.05) is 13.1 Å². The first-order valence-corrected chi connectivity index (χ1v) is 8.22. The number of benzene rings is 1. The van der Waals surface area contributed by atoms with Gasteiger partial charge in [0.2, 0.25) is 0 Å². The van der Waals surface area contributed by atoms with E-state index in [2.05, 4.69) is 24.4 Å². The van der Waals surface area contributed by atoms with Gasteiger partial charge < -0.3 is 10.2 Å². The molecule has 0 saturated heterocycles. The number of anilines is 1. The first-order chi connectivity index (χ1) is 9.99. The van der Waals surface area contributed by atoms with Gasteiger partial charge in [0.15, 0.2) is 0 Å². The van der Waals surface area contributed by atoms with Crippen LogP contribution in [0.1, 0.15) is 55.5 Å². The molecule has 1 aromatic rings. The first-order valence-electron chi connectivity index (χ1n) is 7.79. The van der Waals surface area contributed by atoms with Crippen molar-refractivity contribution in [2.45, 2.75) is 50.9 Å². The Kier molecular flexibility index (Phi) is 3.87. The van der Waals surface area contributed by atoms with Crippen molar-refractivity contribution in [3.8, 4) is 0 Å². The van der Waals surface area contributed by atoms with Crippen LogP contribution in [-0.2, 0) is 6.54 Å². The van der Waals surface area contributed by atoms with E-state index < -0.39 is 0 Å². The molecule has 1 N–H and O–H groups in total. The maximum Gasteiger partial charge on any atom is 0.321 e. The van der Waals surface area contributed by atoms with Crippen molar-refractivity contribution in [1.82, 2.24) is 4.90 Å². The average molecular weight is 307 g/mol. The molecule has 1 atom stereocenters. The molecule has 4 heteroatoms. The Morgan fingerprint density at radius 1 is 1.29 bits per heavy atom. The summed E-state index contributed by atoms with van der Waals surface area (Å²) in [7, 11) is 1.81. The van der Waals surface area contributed by atoms with E-state index in [0.29, 0.717) is 6.54 Å². The normalized spacial score (nSPS) is 22.4. The summed E-state index contributed by atoms with van der Waals surface area (Å²) in [5.41, 5.74) is 3.45. The predicted octanol–water partition coefficient (Wildman–Crippen LogP) is 4.91. The van der Waals surface area contributed by atoms with Crippen LogP contribution in [0.5, 0.6) is 0 Å². The van der Waals surface area contributed by atoms with Gasteiger partial charge in [-0.1, -0.05) is 38.3 Å². The Labute approximate surface area is 131 Å². The molecule has 1 fully saturated rings. The van der Waals surface area contributed by atoms with E-state index in [4.69, 9.17) is 11.6 Å². The van der Waals surface area contributed by atoms with Gasteiger partial charge in [-0.3, -0.25) is 0 Å². The van der Waals surface area contributed by atoms with Crippen molar-refractivity contribution in [1.29, 1.82) is 0 Å². The van der Waals surface area contributed by atoms with Gasteiger partial charge in [-0.15, -0.1) is 11.6 Å². The van der Waals surface area contributed by atoms with Crippen LogP contribution in [0, 0.1) is 5.41 Å². The summed E-state index contributed by atoms with van der Waals surface area (Å²) >= 11 is 6.83. The van der Waals surface area contributed by atoms with Crippen molar-refractivity contribution >= 4 is 23.3 Å². The zero-order valence-electron chi connectivity index (χ0n) is 12.8. The molecule has 1 unspecified atom stereocenters. The Morgan fingerprint density at radius 2 is 2.00 bits per heavy atom. The number of nitrogens with one attached hydrogen (secondary N) is 1. The van der Waals surface area contributed by atoms with E-state index in [9.17, 15) is 4.79 Å². The molecule has 3 rings (SSSR count). The van der Waals surface area contributed by atoms with Gasteiger partial charge in [-0.2, -0.15) is 0 Å². The maximum atomic E-state index is 11.7. The van der Waals surface area contributed by atoms with Crippen molar-refractivity contribution in [3.63, 3.8) is 0 Å². The molecule has 21 heavy (non-hydrogen) atoms. The summed E-state index contributed by atoms with van der Waals surface area (Å²) in [6.07, 6.45) is 6.30. The lowest BCUT2D eigenvalue weighted by molar-refractivity contribution is 0.206. The minimum Gasteiger partial charge on any atom is -0.323 e. The van der Waals surface area contributed by atoms with Crippen LogP contribution in [0.2, 0.25) is 0 Å². The smallest absolute Gasteiger partial charge is 0.321 e. The summed E-state index contributed by atoms with van der Waals surface area (Å²) in [6.45, 7) is 2.96. The molecule has 1 heterocycles. The van der Waals surface area contributed by atoms with E-state index in [0.717, 1.165) is 11.3 Å². The Balaban J connectivity index is 1.86. The number of fused-ring (bicyclic) bond motifs is 1. The van der Waals surface area contributed by atoms with Crippen LogP contribution in [0.4, 0.5) is 10.5 Å². The molecule has 114 valence electrons. The van der Waals surface area contributed by atoms with Crippen LogP contribution in [0.15, 0.2) is 18.2 Å². The molecule has 0 aromatic heterocycles. The number of amides is 2. The van der Waals surface area contributed by atoms with Crippen LogP contribution >= 0.6 is 11.6 Å². The van der Waals surface area contributed by atoms with Gasteiger partial charge in [0, 0.05) is 19.3 Å². The second-order valence-electron chi connectivity index (χ2n) is 6.78. The Bertz CT molecular complexity index is 552. The quantitative estimate of drug-likeness (QED) is 0.773. The van der Waals surface area contributed by atoms with E-state index in [1.54, 1.807) is 4.90 Å². The van der Waals surface area contributed by atoms with E-state index in [-0.39, 0.29) is 16.8 Å². The lowest BCUT2D eigenvalue weighted by Gasteiger charge is -2.38. The number of halogens is 1. The lowest BCUT2D eigenvalue weighted by atomic mass is 9.71. The van der Waals surface area contributed by atoms with Gasteiger partial charge in [0.25, 0.3) is 0 Å². The molecule has 1 saturated carbocycles. The Morgan fingerprint density at radius 3 is 2.71 bits per heavy atom. The third-order valence-electron chi connectivity index (χ3n) is 5.03. The highest BCUT2D eigenvalue weighted by Gasteiger charge is 2.35. The highest BCUT2D eigenvalue weighted by molar-refractivity contribution is 6.21. The number of carbonyl (C=O) groups excluding carboxylic acids is 1. The molecule has 3 nitrogen and oxygen atoms in total. The zero-order chi connectivity index (χ0) is 15.0. The van der Waals surface area contributed by atoms with Gasteiger partial charge in [0.1, 0.15) is 0 Å². The molecule has 1 aromatic carbocycles. The highest BCUT2D eigenvalue weighted by atomic mass is 35.5. The average Bonchev–Trinajstić information content (AvgIpc) is 2.48. The van der Waals surface area contributed by atoms with Crippen molar-refractivity contribution in [2.75, 3.05) is 12.4 Å². The summed E-state index contributed by atoms with van der Waals surface area (Å²) in [5, 5.41) is 2.96. The van der Waals surface area contributed by atoms with E-state index in [1.165, 1.54) is 37.7 Å². The van der Waals surface area contributed by atoms with Crippen molar-refractivity contribution in [2.24, 2.45) is 5.41 Å². The summed E-state index contributed by atoms with van der Waals surface area (Å²) in [5.74, 6) is 0. The van der Waals surface area contributed by atoms with Gasteiger partial charge in [-0.25, -0.2) is 4.79 Å². The number of hydrogen-bond donors (Lipinski definition) is 1. The topological polar surface area (TPSA) is 32.3 Å². The Hall–Kier alpha value is -1.22. The van der Waals surface area contributed by atoms with Crippen molar-refractivity contribution in [3.05, 3.63) is 29.3 Å². The predicted molar refractivity (Wildman–Crippen MR) is 86.7 cm³/mol. The molecule has 0 spiro atoms. The standard InChI is InChI=1S/C17H23ClN2O/c1-17(8-4-3-5-9-17)15(18)12-6-7-14-13(10-12)11-20(2)16(21)19-14/h6-7,10,15H,3-5,8-9,11H2,1-2H3,(H,19,21). The molecule has 0 bridgehead atoms. The summed E-state index contributed by atoms with van der Waals surface area (Å²) in [4.78, 5) is 13.4. The highest BCUT2D eigenvalue weighted by Crippen LogP contribution is 2.49. The van der Waals surface area contributed by atoms with Crippen LogP contribution < -0.4 is 5.32 Å². The fourth-order valence-electron chi connectivity index (χ4n) is 3.58. The first kappa shape index (κ1) is 14.7. The number of nitrogens with zero attached hydrogens (tertiary/aromatic N) is 1. The van der Waals surface area contributed by atoms with Gasteiger partial charge in [-0.05, 0) is 35.4 Å². The summed E-state index contributed by atoms with van der Waals surface area (Å²) in [6, 6.07) is 6.19. The third kappa shape index (κ3) is 2.76. The fraction of sp³-hybridized carbons (Fsp3) is 0.588. The van der Waals surface area contributed by atoms with Crippen LogP contribution in [0.25, 0.3) is 0 Å². The molecular weight excluding hydrogens is 284 g/mol. The SMILES string of the molecule is CN1Cc2cc(C(Cl)C3(C)CCCCC3)ccc2NC1=O. The number of rotatable bonds is 2. The zero-order valence-corrected chi connectivity index (χ0v) is 13.5.